The molecule has 1 heteroatoms. The van der Waals surface area contributed by atoms with E-state index in [4.69, 9.17) is 0 Å². The van der Waals surface area contributed by atoms with Crippen LogP contribution in [0.25, 0.3) is 0 Å². The van der Waals surface area contributed by atoms with Gasteiger partial charge in [-0.15, -0.1) is 0 Å². The minimum absolute atomic E-state index is 1.26. The monoisotopic (exact) mass is 262 g/mol. The van der Waals surface area contributed by atoms with Crippen molar-refractivity contribution in [2.45, 2.75) is 65.2 Å². The summed E-state index contributed by atoms with van der Waals surface area (Å²) in [5.74, 6) is 0. The Hall–Kier alpha value is -0.820. The van der Waals surface area contributed by atoms with Crippen LogP contribution in [0.5, 0.6) is 0 Å². The van der Waals surface area contributed by atoms with Crippen molar-refractivity contribution < 1.29 is 4.90 Å². The Kier molecular flexibility index (Phi) is 8.57. The second kappa shape index (κ2) is 10.0. The molecule has 19 heavy (non-hydrogen) atoms. The predicted molar refractivity (Wildman–Crippen MR) is 85.2 cm³/mol. The first-order valence-corrected chi connectivity index (χ1v) is 8.13. The summed E-state index contributed by atoms with van der Waals surface area (Å²) in [6, 6.07) is 8.95. The highest BCUT2D eigenvalue weighted by Crippen LogP contribution is 2.08. The van der Waals surface area contributed by atoms with Gasteiger partial charge < -0.3 is 4.90 Å². The average molecular weight is 262 g/mol. The van der Waals surface area contributed by atoms with E-state index < -0.39 is 0 Å². The number of aryl methyl sites for hydroxylation is 1. The van der Waals surface area contributed by atoms with Crippen molar-refractivity contribution in [1.29, 1.82) is 0 Å². The number of quaternary nitrogens is 1. The standard InChI is InChI=1S/C18H31N/c1-4-5-6-7-8-9-10-11-16-19(3)18-14-12-17(2)13-15-18/h12-15H,4-11,16H2,1-3H3/p+1. The van der Waals surface area contributed by atoms with Crippen molar-refractivity contribution in [2.75, 3.05) is 13.6 Å². The molecule has 0 radical (unpaired) electrons. The average Bonchev–Trinajstić information content (AvgIpc) is 2.42. The Morgan fingerprint density at radius 2 is 1.32 bits per heavy atom. The highest BCUT2D eigenvalue weighted by atomic mass is 15.1. The smallest absolute Gasteiger partial charge is 0.130 e. The van der Waals surface area contributed by atoms with Gasteiger partial charge in [0.1, 0.15) is 5.69 Å². The number of benzene rings is 1. The molecule has 0 bridgehead atoms. The first kappa shape index (κ1) is 16.2. The molecule has 1 unspecified atom stereocenters. The van der Waals surface area contributed by atoms with Gasteiger partial charge in [0, 0.05) is 0 Å². The van der Waals surface area contributed by atoms with Gasteiger partial charge >= 0.3 is 0 Å². The fraction of sp³-hybridized carbons (Fsp3) is 0.667. The van der Waals surface area contributed by atoms with Crippen molar-refractivity contribution in [1.82, 2.24) is 0 Å². The fourth-order valence-corrected chi connectivity index (χ4v) is 2.51. The summed E-state index contributed by atoms with van der Waals surface area (Å²) in [5.41, 5.74) is 2.78. The molecule has 0 saturated heterocycles. The summed E-state index contributed by atoms with van der Waals surface area (Å²) in [4.78, 5) is 1.55. The molecule has 1 atom stereocenters. The molecule has 1 aromatic carbocycles. The maximum atomic E-state index is 2.28. The van der Waals surface area contributed by atoms with Crippen LogP contribution < -0.4 is 4.90 Å². The van der Waals surface area contributed by atoms with Gasteiger partial charge in [-0.05, 0) is 31.9 Å². The Morgan fingerprint density at radius 1 is 0.789 bits per heavy atom. The van der Waals surface area contributed by atoms with E-state index in [1.165, 1.54) is 69.2 Å². The molecule has 108 valence electrons. The largest absolute Gasteiger partial charge is 0.305 e. The van der Waals surface area contributed by atoms with E-state index in [9.17, 15) is 0 Å². The second-order valence-corrected chi connectivity index (χ2v) is 5.87. The number of unbranched alkanes of at least 4 members (excludes halogenated alkanes) is 7. The topological polar surface area (TPSA) is 4.44 Å². The minimum atomic E-state index is 1.26. The van der Waals surface area contributed by atoms with E-state index >= 15 is 0 Å². The molecule has 1 aromatic rings. The van der Waals surface area contributed by atoms with Crippen LogP contribution in [0.4, 0.5) is 5.69 Å². The zero-order chi connectivity index (χ0) is 13.9. The molecular formula is C18H32N+. The third-order valence-corrected chi connectivity index (χ3v) is 3.95. The molecule has 0 saturated carbocycles. The van der Waals surface area contributed by atoms with Gasteiger partial charge in [-0.25, -0.2) is 0 Å². The summed E-state index contributed by atoms with van der Waals surface area (Å²) in [5, 5.41) is 0. The second-order valence-electron chi connectivity index (χ2n) is 5.87. The van der Waals surface area contributed by atoms with Crippen LogP contribution in [0.2, 0.25) is 0 Å². The number of hydrogen-bond acceptors (Lipinski definition) is 0. The maximum absolute atomic E-state index is 2.28. The van der Waals surface area contributed by atoms with Gasteiger partial charge in [0.15, 0.2) is 0 Å². The molecule has 0 aliphatic heterocycles. The molecule has 0 heterocycles. The van der Waals surface area contributed by atoms with Crippen molar-refractivity contribution in [3.63, 3.8) is 0 Å². The first-order chi connectivity index (χ1) is 9.24. The molecule has 0 aliphatic carbocycles. The summed E-state index contributed by atoms with van der Waals surface area (Å²) >= 11 is 0. The SMILES string of the molecule is CCCCCCCCCC[NH+](C)c1ccc(C)cc1. The van der Waals surface area contributed by atoms with E-state index in [-0.39, 0.29) is 0 Å². The Morgan fingerprint density at radius 3 is 1.89 bits per heavy atom. The molecule has 1 nitrogen and oxygen atoms in total. The van der Waals surface area contributed by atoms with Crippen LogP contribution in [-0.2, 0) is 0 Å². The Balaban J connectivity index is 2.04. The van der Waals surface area contributed by atoms with Gasteiger partial charge in [0.05, 0.1) is 13.6 Å². The van der Waals surface area contributed by atoms with Gasteiger partial charge in [0.25, 0.3) is 0 Å². The summed E-state index contributed by atoms with van der Waals surface area (Å²) in [6.07, 6.45) is 11.3. The molecule has 0 spiro atoms. The van der Waals surface area contributed by atoms with Gasteiger partial charge in [0.2, 0.25) is 0 Å². The van der Waals surface area contributed by atoms with Crippen LogP contribution in [0, 0.1) is 6.92 Å². The van der Waals surface area contributed by atoms with Crippen molar-refractivity contribution >= 4 is 5.69 Å². The Bertz CT molecular complexity index is 315. The van der Waals surface area contributed by atoms with Gasteiger partial charge in [-0.2, -0.15) is 0 Å². The van der Waals surface area contributed by atoms with Gasteiger partial charge in [-0.3, -0.25) is 0 Å². The zero-order valence-corrected chi connectivity index (χ0v) is 13.2. The lowest BCUT2D eigenvalue weighted by atomic mass is 10.1. The lowest BCUT2D eigenvalue weighted by Gasteiger charge is -2.13. The first-order valence-electron chi connectivity index (χ1n) is 8.13. The van der Waals surface area contributed by atoms with E-state index in [1.807, 2.05) is 0 Å². The molecular weight excluding hydrogens is 230 g/mol. The molecule has 1 rings (SSSR count). The van der Waals surface area contributed by atoms with E-state index in [1.54, 1.807) is 4.90 Å². The lowest BCUT2D eigenvalue weighted by molar-refractivity contribution is -0.810. The summed E-state index contributed by atoms with van der Waals surface area (Å²) < 4.78 is 0. The highest BCUT2D eigenvalue weighted by Gasteiger charge is 2.04. The lowest BCUT2D eigenvalue weighted by Crippen LogP contribution is -3.03. The number of rotatable bonds is 10. The summed E-state index contributed by atoms with van der Waals surface area (Å²) in [6.45, 7) is 5.69. The van der Waals surface area contributed by atoms with Crippen molar-refractivity contribution in [3.8, 4) is 0 Å². The number of hydrogen-bond donors (Lipinski definition) is 1. The van der Waals surface area contributed by atoms with Crippen LogP contribution in [0.1, 0.15) is 63.9 Å². The maximum Gasteiger partial charge on any atom is 0.130 e. The molecule has 0 fully saturated rings. The molecule has 0 amide bonds. The third-order valence-electron chi connectivity index (χ3n) is 3.95. The van der Waals surface area contributed by atoms with Gasteiger partial charge in [-0.1, -0.05) is 63.1 Å². The van der Waals surface area contributed by atoms with E-state index in [0.717, 1.165) is 0 Å². The normalized spacial score (nSPS) is 12.6. The van der Waals surface area contributed by atoms with E-state index in [0.29, 0.717) is 0 Å². The van der Waals surface area contributed by atoms with Crippen LogP contribution >= 0.6 is 0 Å². The van der Waals surface area contributed by atoms with Crippen LogP contribution in [0.15, 0.2) is 24.3 Å². The third kappa shape index (κ3) is 7.37. The zero-order valence-electron chi connectivity index (χ0n) is 13.2. The number of nitrogens with one attached hydrogen (secondary N) is 1. The predicted octanol–water partition coefficient (Wildman–Crippen LogP) is 4.28. The quantitative estimate of drug-likeness (QED) is 0.600. The van der Waals surface area contributed by atoms with Crippen LogP contribution in [-0.4, -0.2) is 13.6 Å². The van der Waals surface area contributed by atoms with Crippen molar-refractivity contribution in [2.24, 2.45) is 0 Å². The van der Waals surface area contributed by atoms with E-state index in [2.05, 4.69) is 45.2 Å². The summed E-state index contributed by atoms with van der Waals surface area (Å²) in [7, 11) is 2.28. The Labute approximate surface area is 120 Å². The molecule has 0 aromatic heterocycles. The highest BCUT2D eigenvalue weighted by molar-refractivity contribution is 5.31. The minimum Gasteiger partial charge on any atom is -0.305 e. The van der Waals surface area contributed by atoms with Crippen molar-refractivity contribution in [3.05, 3.63) is 29.8 Å². The molecule has 0 aliphatic rings. The van der Waals surface area contributed by atoms with Crippen LogP contribution in [0.3, 0.4) is 0 Å². The fourth-order valence-electron chi connectivity index (χ4n) is 2.51. The molecule has 1 N–H and O–H groups in total.